The van der Waals surface area contributed by atoms with E-state index in [1.807, 2.05) is 83.5 Å². The molecule has 0 bridgehead atoms. The molecule has 0 aromatic heterocycles. The lowest BCUT2D eigenvalue weighted by atomic mass is 10.0. The van der Waals surface area contributed by atoms with Gasteiger partial charge in [-0.1, -0.05) is 91.0 Å². The molecule has 2 amide bonds. The maximum absolute atomic E-state index is 13.9. The predicted octanol–water partition coefficient (Wildman–Crippen LogP) is 6.58. The third-order valence-electron chi connectivity index (χ3n) is 8.32. The van der Waals surface area contributed by atoms with Crippen molar-refractivity contribution in [3.05, 3.63) is 131 Å². The first kappa shape index (κ1) is 31.0. The molecule has 6 heteroatoms. The summed E-state index contributed by atoms with van der Waals surface area (Å²) in [5.41, 5.74) is 6.32. The Labute approximate surface area is 261 Å². The first-order chi connectivity index (χ1) is 21.5. The molecule has 0 radical (unpaired) electrons. The number of carbonyl (C=O) groups excluding carboxylic acids is 2. The fourth-order valence-electron chi connectivity index (χ4n) is 5.96. The van der Waals surface area contributed by atoms with E-state index in [1.54, 1.807) is 0 Å². The van der Waals surface area contributed by atoms with Crippen LogP contribution < -0.4 is 9.64 Å². The van der Waals surface area contributed by atoms with E-state index in [-0.39, 0.29) is 18.4 Å². The zero-order chi connectivity index (χ0) is 30.7. The minimum Gasteiger partial charge on any atom is -0.484 e. The SMILES string of the molecule is Cc1ccccc1CC(=O)N1CCCN(Cc2ccccc2)CCCN(C(=O)COc2ccccc2)c2c(C)cccc2C1. The van der Waals surface area contributed by atoms with Crippen molar-refractivity contribution in [1.29, 1.82) is 0 Å². The van der Waals surface area contributed by atoms with Crippen LogP contribution in [-0.4, -0.2) is 54.4 Å². The normalized spacial score (nSPS) is 14.7. The van der Waals surface area contributed by atoms with Crippen LogP contribution in [0, 0.1) is 13.8 Å². The number of hydrogen-bond acceptors (Lipinski definition) is 4. The van der Waals surface area contributed by atoms with Gasteiger partial charge in [0.05, 0.1) is 12.1 Å². The van der Waals surface area contributed by atoms with Crippen LogP contribution in [0.4, 0.5) is 5.69 Å². The summed E-state index contributed by atoms with van der Waals surface area (Å²) in [5, 5.41) is 0. The molecule has 1 aliphatic heterocycles. The van der Waals surface area contributed by atoms with Crippen LogP contribution in [0.15, 0.2) is 103 Å². The van der Waals surface area contributed by atoms with Crippen LogP contribution in [0.3, 0.4) is 0 Å². The highest BCUT2D eigenvalue weighted by Crippen LogP contribution is 2.28. The molecule has 0 saturated heterocycles. The van der Waals surface area contributed by atoms with E-state index >= 15 is 0 Å². The lowest BCUT2D eigenvalue weighted by Gasteiger charge is -2.32. The number of fused-ring (bicyclic) bond motifs is 1. The van der Waals surface area contributed by atoms with Gasteiger partial charge < -0.3 is 14.5 Å². The number of amides is 2. The van der Waals surface area contributed by atoms with Crippen LogP contribution in [0.1, 0.15) is 40.7 Å². The second-order valence-corrected chi connectivity index (χ2v) is 11.6. The lowest BCUT2D eigenvalue weighted by Crippen LogP contribution is -2.41. The molecule has 4 aromatic carbocycles. The maximum Gasteiger partial charge on any atom is 0.264 e. The second-order valence-electron chi connectivity index (χ2n) is 11.6. The van der Waals surface area contributed by atoms with Gasteiger partial charge in [-0.3, -0.25) is 14.5 Å². The number of para-hydroxylation sites is 2. The van der Waals surface area contributed by atoms with Crippen molar-refractivity contribution in [3.8, 4) is 5.75 Å². The minimum atomic E-state index is -0.0890. The number of ether oxygens (including phenoxy) is 1. The maximum atomic E-state index is 13.9. The second kappa shape index (κ2) is 15.3. The topological polar surface area (TPSA) is 53.1 Å². The largest absolute Gasteiger partial charge is 0.484 e. The fraction of sp³-hybridized carbons (Fsp3) is 0.316. The van der Waals surface area contributed by atoms with Crippen molar-refractivity contribution in [2.24, 2.45) is 0 Å². The van der Waals surface area contributed by atoms with E-state index in [9.17, 15) is 9.59 Å². The molecule has 0 aliphatic carbocycles. The molecular weight excluding hydrogens is 546 g/mol. The number of hydrogen-bond donors (Lipinski definition) is 0. The van der Waals surface area contributed by atoms with Crippen molar-refractivity contribution in [1.82, 2.24) is 9.80 Å². The molecule has 0 spiro atoms. The molecule has 0 unspecified atom stereocenters. The Kier molecular flexibility index (Phi) is 10.8. The van der Waals surface area contributed by atoms with Crippen molar-refractivity contribution >= 4 is 17.5 Å². The average Bonchev–Trinajstić information content (AvgIpc) is 3.03. The first-order valence-electron chi connectivity index (χ1n) is 15.6. The first-order valence-corrected chi connectivity index (χ1v) is 15.6. The van der Waals surface area contributed by atoms with Crippen molar-refractivity contribution < 1.29 is 14.3 Å². The van der Waals surface area contributed by atoms with Crippen LogP contribution in [0.5, 0.6) is 5.75 Å². The van der Waals surface area contributed by atoms with Crippen molar-refractivity contribution in [2.45, 2.75) is 46.2 Å². The summed E-state index contributed by atoms with van der Waals surface area (Å²) in [6.07, 6.45) is 2.06. The Balaban J connectivity index is 1.44. The van der Waals surface area contributed by atoms with E-state index < -0.39 is 0 Å². The van der Waals surface area contributed by atoms with Crippen LogP contribution in [-0.2, 0) is 29.1 Å². The zero-order valence-corrected chi connectivity index (χ0v) is 26.0. The molecule has 0 N–H and O–H groups in total. The number of aryl methyl sites for hydroxylation is 2. The van der Waals surface area contributed by atoms with Gasteiger partial charge in [0.15, 0.2) is 6.61 Å². The number of carbonyl (C=O) groups is 2. The fourth-order valence-corrected chi connectivity index (χ4v) is 5.96. The molecule has 0 atom stereocenters. The zero-order valence-electron chi connectivity index (χ0n) is 26.0. The number of benzene rings is 4. The quantitative estimate of drug-likeness (QED) is 0.244. The number of nitrogens with zero attached hydrogens (tertiary/aromatic N) is 3. The third-order valence-corrected chi connectivity index (χ3v) is 8.32. The smallest absolute Gasteiger partial charge is 0.264 e. The molecule has 1 aliphatic rings. The molecule has 0 saturated carbocycles. The number of rotatable bonds is 7. The Morgan fingerprint density at radius 2 is 1.34 bits per heavy atom. The van der Waals surface area contributed by atoms with Gasteiger partial charge in [-0.05, 0) is 66.6 Å². The summed E-state index contributed by atoms with van der Waals surface area (Å²) in [5.74, 6) is 0.680. The minimum absolute atomic E-state index is 0.0541. The summed E-state index contributed by atoms with van der Waals surface area (Å²) in [4.78, 5) is 34.1. The highest BCUT2D eigenvalue weighted by Gasteiger charge is 2.25. The summed E-state index contributed by atoms with van der Waals surface area (Å²) in [6.45, 7) is 8.26. The lowest BCUT2D eigenvalue weighted by molar-refractivity contribution is -0.131. The standard InChI is InChI=1S/C38H43N3O3/c1-30-14-9-10-18-33(30)26-36(42)40-24-12-22-39(27-32-16-5-3-6-17-32)23-13-25-41(38-31(2)15-11-19-34(38)28-40)37(43)29-44-35-20-7-4-8-21-35/h3-11,14-21H,12-13,22-29H2,1-2H3. The molecule has 5 rings (SSSR count). The summed E-state index contributed by atoms with van der Waals surface area (Å²) in [7, 11) is 0. The van der Waals surface area contributed by atoms with E-state index in [4.69, 9.17) is 4.74 Å². The Bertz CT molecular complexity index is 1520. The highest BCUT2D eigenvalue weighted by atomic mass is 16.5. The Morgan fingerprint density at radius 3 is 2.09 bits per heavy atom. The summed E-state index contributed by atoms with van der Waals surface area (Å²) < 4.78 is 5.92. The number of anilines is 1. The molecule has 228 valence electrons. The van der Waals surface area contributed by atoms with Gasteiger partial charge in [-0.15, -0.1) is 0 Å². The van der Waals surface area contributed by atoms with Crippen LogP contribution in [0.25, 0.3) is 0 Å². The van der Waals surface area contributed by atoms with E-state index in [1.165, 1.54) is 5.56 Å². The molecule has 6 nitrogen and oxygen atoms in total. The third kappa shape index (κ3) is 8.35. The molecule has 1 heterocycles. The molecular formula is C38H43N3O3. The molecule has 44 heavy (non-hydrogen) atoms. The van der Waals surface area contributed by atoms with Gasteiger partial charge in [-0.25, -0.2) is 0 Å². The van der Waals surface area contributed by atoms with Gasteiger partial charge in [0.25, 0.3) is 5.91 Å². The van der Waals surface area contributed by atoms with Gasteiger partial charge in [0, 0.05) is 39.3 Å². The Hall–Kier alpha value is -4.42. The van der Waals surface area contributed by atoms with Crippen LogP contribution >= 0.6 is 0 Å². The highest BCUT2D eigenvalue weighted by molar-refractivity contribution is 5.96. The molecule has 0 fully saturated rings. The molecule has 4 aromatic rings. The monoisotopic (exact) mass is 589 g/mol. The van der Waals surface area contributed by atoms with E-state index in [0.717, 1.165) is 60.4 Å². The van der Waals surface area contributed by atoms with Crippen molar-refractivity contribution in [2.75, 3.05) is 37.7 Å². The average molecular weight is 590 g/mol. The summed E-state index contributed by atoms with van der Waals surface area (Å²) in [6, 6.07) is 34.2. The van der Waals surface area contributed by atoms with E-state index in [0.29, 0.717) is 31.8 Å². The van der Waals surface area contributed by atoms with E-state index in [2.05, 4.69) is 48.2 Å². The van der Waals surface area contributed by atoms with Gasteiger partial charge in [0.1, 0.15) is 5.75 Å². The predicted molar refractivity (Wildman–Crippen MR) is 177 cm³/mol. The van der Waals surface area contributed by atoms with Gasteiger partial charge in [-0.2, -0.15) is 0 Å². The Morgan fingerprint density at radius 1 is 0.682 bits per heavy atom. The van der Waals surface area contributed by atoms with Gasteiger partial charge >= 0.3 is 0 Å². The summed E-state index contributed by atoms with van der Waals surface area (Å²) >= 11 is 0. The van der Waals surface area contributed by atoms with Crippen LogP contribution in [0.2, 0.25) is 0 Å². The van der Waals surface area contributed by atoms with Crippen molar-refractivity contribution in [3.63, 3.8) is 0 Å². The van der Waals surface area contributed by atoms with Gasteiger partial charge in [0.2, 0.25) is 5.91 Å².